The number of amides is 1. The van der Waals surface area contributed by atoms with E-state index in [9.17, 15) is 9.59 Å². The van der Waals surface area contributed by atoms with E-state index in [1.807, 2.05) is 0 Å². The summed E-state index contributed by atoms with van der Waals surface area (Å²) in [6.07, 6.45) is 6.83. The van der Waals surface area contributed by atoms with Gasteiger partial charge in [-0.1, -0.05) is 0 Å². The quantitative estimate of drug-likeness (QED) is 0.777. The summed E-state index contributed by atoms with van der Waals surface area (Å²) in [5.74, 6) is 1.15. The molecule has 0 aliphatic carbocycles. The average Bonchev–Trinajstić information content (AvgIpc) is 2.38. The number of rotatable bonds is 4. The Labute approximate surface area is 116 Å². The number of carbonyl (C=O) groups is 2. The molecule has 2 rings (SSSR count). The van der Waals surface area contributed by atoms with Gasteiger partial charge in [0.2, 0.25) is 5.91 Å². The molecule has 4 heteroatoms. The first kappa shape index (κ1) is 14.5. The first-order chi connectivity index (χ1) is 9.15. The summed E-state index contributed by atoms with van der Waals surface area (Å²) in [6, 6.07) is 0. The molecule has 0 saturated carbocycles. The van der Waals surface area contributed by atoms with Gasteiger partial charge in [-0.2, -0.15) is 0 Å². The Morgan fingerprint density at radius 2 is 2.16 bits per heavy atom. The minimum atomic E-state index is 0.178. The van der Waals surface area contributed by atoms with Crippen molar-refractivity contribution in [2.24, 2.45) is 5.92 Å². The van der Waals surface area contributed by atoms with Gasteiger partial charge in [-0.05, 0) is 51.6 Å². The fourth-order valence-electron chi connectivity index (χ4n) is 3.26. The van der Waals surface area contributed by atoms with Crippen LogP contribution in [0.2, 0.25) is 0 Å². The van der Waals surface area contributed by atoms with Crippen LogP contribution in [0.4, 0.5) is 0 Å². The molecule has 2 fully saturated rings. The van der Waals surface area contributed by atoms with Crippen molar-refractivity contribution in [2.45, 2.75) is 44.9 Å². The zero-order chi connectivity index (χ0) is 13.7. The van der Waals surface area contributed by atoms with E-state index in [1.54, 1.807) is 4.90 Å². The molecule has 2 aliphatic rings. The smallest absolute Gasteiger partial charge is 0.222 e. The molecule has 2 aliphatic heterocycles. The Bertz CT molecular complexity index is 330. The van der Waals surface area contributed by atoms with Crippen LogP contribution in [-0.2, 0) is 9.59 Å². The highest BCUT2D eigenvalue weighted by atomic mass is 16.2. The molecule has 19 heavy (non-hydrogen) atoms. The zero-order valence-electron chi connectivity index (χ0n) is 12.1. The number of nitrogens with zero attached hydrogens (tertiary/aromatic N) is 2. The highest BCUT2D eigenvalue weighted by molar-refractivity contribution is 5.87. The van der Waals surface area contributed by atoms with E-state index in [2.05, 4.69) is 11.9 Å². The van der Waals surface area contributed by atoms with Gasteiger partial charge in [-0.3, -0.25) is 9.59 Å². The Morgan fingerprint density at radius 3 is 2.89 bits per heavy atom. The van der Waals surface area contributed by atoms with Gasteiger partial charge in [0.05, 0.1) is 6.54 Å². The van der Waals surface area contributed by atoms with Crippen LogP contribution in [0.15, 0.2) is 0 Å². The summed E-state index contributed by atoms with van der Waals surface area (Å²) in [4.78, 5) is 27.5. The van der Waals surface area contributed by atoms with E-state index in [-0.39, 0.29) is 11.7 Å². The lowest BCUT2D eigenvalue weighted by molar-refractivity contribution is -0.137. The lowest BCUT2D eigenvalue weighted by Gasteiger charge is -2.30. The average molecular weight is 266 g/mol. The highest BCUT2D eigenvalue weighted by Crippen LogP contribution is 2.21. The van der Waals surface area contributed by atoms with Crippen molar-refractivity contribution in [1.29, 1.82) is 0 Å². The van der Waals surface area contributed by atoms with Gasteiger partial charge in [0.1, 0.15) is 0 Å². The van der Waals surface area contributed by atoms with Crippen LogP contribution in [0.5, 0.6) is 0 Å². The molecule has 0 aromatic heterocycles. The molecule has 0 spiro atoms. The molecule has 2 heterocycles. The lowest BCUT2D eigenvalue weighted by Crippen LogP contribution is -2.40. The van der Waals surface area contributed by atoms with Crippen LogP contribution >= 0.6 is 0 Å². The van der Waals surface area contributed by atoms with Gasteiger partial charge in [0.15, 0.2) is 5.78 Å². The second-order valence-electron chi connectivity index (χ2n) is 6.12. The van der Waals surface area contributed by atoms with E-state index >= 15 is 0 Å². The molecule has 0 aromatic rings. The fraction of sp³-hybridized carbons (Fsp3) is 0.867. The zero-order valence-corrected chi connectivity index (χ0v) is 12.1. The van der Waals surface area contributed by atoms with Crippen molar-refractivity contribution >= 4 is 11.7 Å². The minimum absolute atomic E-state index is 0.178. The second-order valence-corrected chi connectivity index (χ2v) is 6.12. The number of Topliss-reactive ketones (excluding diaryl/α,β-unsaturated/α-hetero) is 1. The molecule has 1 amide bonds. The summed E-state index contributed by atoms with van der Waals surface area (Å²) >= 11 is 0. The van der Waals surface area contributed by atoms with Gasteiger partial charge >= 0.3 is 0 Å². The number of hydrogen-bond donors (Lipinski definition) is 0. The molecule has 2 saturated heterocycles. The SMILES string of the molecule is CN1CCCC(CCCC(=O)N2CCCC(=O)C2)C1. The molecular weight excluding hydrogens is 240 g/mol. The van der Waals surface area contributed by atoms with E-state index in [0.717, 1.165) is 31.7 Å². The van der Waals surface area contributed by atoms with Crippen molar-refractivity contribution in [2.75, 3.05) is 33.2 Å². The first-order valence-corrected chi connectivity index (χ1v) is 7.63. The molecule has 0 radical (unpaired) electrons. The van der Waals surface area contributed by atoms with Gasteiger partial charge in [-0.15, -0.1) is 0 Å². The van der Waals surface area contributed by atoms with E-state index in [0.29, 0.717) is 19.4 Å². The predicted molar refractivity (Wildman–Crippen MR) is 74.9 cm³/mol. The van der Waals surface area contributed by atoms with E-state index in [1.165, 1.54) is 25.9 Å². The Balaban J connectivity index is 1.64. The van der Waals surface area contributed by atoms with Crippen LogP contribution in [-0.4, -0.2) is 54.7 Å². The normalized spacial score (nSPS) is 25.6. The standard InChI is InChI=1S/C15H26N2O2/c1-16-9-3-6-13(11-16)5-2-8-15(19)17-10-4-7-14(18)12-17/h13H,2-12H2,1H3. The third kappa shape index (κ3) is 4.60. The van der Waals surface area contributed by atoms with Crippen molar-refractivity contribution in [3.8, 4) is 0 Å². The van der Waals surface area contributed by atoms with Crippen molar-refractivity contribution < 1.29 is 9.59 Å². The van der Waals surface area contributed by atoms with Gasteiger partial charge in [0, 0.05) is 25.9 Å². The number of carbonyl (C=O) groups excluding carboxylic acids is 2. The van der Waals surface area contributed by atoms with Crippen LogP contribution < -0.4 is 0 Å². The number of piperidine rings is 2. The van der Waals surface area contributed by atoms with Gasteiger partial charge in [0.25, 0.3) is 0 Å². The molecule has 1 atom stereocenters. The highest BCUT2D eigenvalue weighted by Gasteiger charge is 2.22. The minimum Gasteiger partial charge on any atom is -0.335 e. The number of likely N-dealkylation sites (tertiary alicyclic amines) is 2. The second kappa shape index (κ2) is 7.04. The monoisotopic (exact) mass is 266 g/mol. The third-order valence-electron chi connectivity index (χ3n) is 4.33. The summed E-state index contributed by atoms with van der Waals surface area (Å²) < 4.78 is 0. The summed E-state index contributed by atoms with van der Waals surface area (Å²) in [5, 5.41) is 0. The molecule has 4 nitrogen and oxygen atoms in total. The van der Waals surface area contributed by atoms with Crippen molar-refractivity contribution in [3.05, 3.63) is 0 Å². The lowest BCUT2D eigenvalue weighted by atomic mass is 9.93. The Morgan fingerprint density at radius 1 is 1.32 bits per heavy atom. The maximum absolute atomic E-state index is 12.0. The summed E-state index contributed by atoms with van der Waals surface area (Å²) in [6.45, 7) is 3.52. The molecule has 0 N–H and O–H groups in total. The third-order valence-corrected chi connectivity index (χ3v) is 4.33. The summed E-state index contributed by atoms with van der Waals surface area (Å²) in [7, 11) is 2.18. The maximum Gasteiger partial charge on any atom is 0.222 e. The Kier molecular flexibility index (Phi) is 5.37. The summed E-state index contributed by atoms with van der Waals surface area (Å²) in [5.41, 5.74) is 0. The molecule has 108 valence electrons. The van der Waals surface area contributed by atoms with Crippen molar-refractivity contribution in [1.82, 2.24) is 9.80 Å². The van der Waals surface area contributed by atoms with Gasteiger partial charge in [-0.25, -0.2) is 0 Å². The molecular formula is C15H26N2O2. The topological polar surface area (TPSA) is 40.6 Å². The predicted octanol–water partition coefficient (Wildman–Crippen LogP) is 1.69. The van der Waals surface area contributed by atoms with Crippen LogP contribution in [0.1, 0.15) is 44.9 Å². The van der Waals surface area contributed by atoms with Crippen LogP contribution in [0.25, 0.3) is 0 Å². The molecule has 0 aromatic carbocycles. The Hall–Kier alpha value is -0.900. The first-order valence-electron chi connectivity index (χ1n) is 7.63. The van der Waals surface area contributed by atoms with E-state index < -0.39 is 0 Å². The number of hydrogen-bond acceptors (Lipinski definition) is 3. The van der Waals surface area contributed by atoms with Crippen LogP contribution in [0, 0.1) is 5.92 Å². The largest absolute Gasteiger partial charge is 0.335 e. The molecule has 0 bridgehead atoms. The van der Waals surface area contributed by atoms with Crippen molar-refractivity contribution in [3.63, 3.8) is 0 Å². The molecule has 1 unspecified atom stereocenters. The van der Waals surface area contributed by atoms with Gasteiger partial charge < -0.3 is 9.80 Å². The number of ketones is 1. The van der Waals surface area contributed by atoms with Crippen LogP contribution in [0.3, 0.4) is 0 Å². The maximum atomic E-state index is 12.0. The fourth-order valence-corrected chi connectivity index (χ4v) is 3.26. The van der Waals surface area contributed by atoms with E-state index in [4.69, 9.17) is 0 Å².